The predicted octanol–water partition coefficient (Wildman–Crippen LogP) is 3.25. The Kier molecular flexibility index (Phi) is 5.85. The van der Waals surface area contributed by atoms with Crippen LogP contribution < -0.4 is 4.74 Å². The number of ketones is 1. The Morgan fingerprint density at radius 1 is 1.12 bits per heavy atom. The first-order valence-electron chi connectivity index (χ1n) is 6.70. The number of non-ortho nitro benzene ring substituents is 1. The molecule has 0 aromatic heterocycles. The van der Waals surface area contributed by atoms with Crippen LogP contribution in [0.3, 0.4) is 0 Å². The van der Waals surface area contributed by atoms with Crippen LogP contribution in [0.15, 0.2) is 42.5 Å². The van der Waals surface area contributed by atoms with Crippen molar-refractivity contribution in [1.82, 2.24) is 0 Å². The highest BCUT2D eigenvalue weighted by Gasteiger charge is 2.14. The minimum Gasteiger partial charge on any atom is -0.496 e. The average molecular weight is 441 g/mol. The summed E-state index contributed by atoms with van der Waals surface area (Å²) in [4.78, 5) is 33.9. The molecule has 0 heterocycles. The average Bonchev–Trinajstić information content (AvgIpc) is 2.59. The fraction of sp³-hybridized carbons (Fsp3) is 0.125. The van der Waals surface area contributed by atoms with Gasteiger partial charge in [0.2, 0.25) is 0 Å². The lowest BCUT2D eigenvalue weighted by atomic mass is 10.1. The molecule has 0 aliphatic rings. The van der Waals surface area contributed by atoms with Crippen LogP contribution in [0.5, 0.6) is 5.75 Å². The molecule has 0 amide bonds. The van der Waals surface area contributed by atoms with Crippen LogP contribution >= 0.6 is 22.6 Å². The summed E-state index contributed by atoms with van der Waals surface area (Å²) in [5.41, 5.74) is 0.422. The van der Waals surface area contributed by atoms with Crippen molar-refractivity contribution in [2.45, 2.75) is 0 Å². The Morgan fingerprint density at radius 2 is 1.75 bits per heavy atom. The molecule has 8 heteroatoms. The van der Waals surface area contributed by atoms with Crippen LogP contribution in [0, 0.1) is 13.7 Å². The molecule has 124 valence electrons. The number of hydrogen-bond donors (Lipinski definition) is 0. The molecule has 0 radical (unpaired) electrons. The van der Waals surface area contributed by atoms with Crippen LogP contribution in [0.1, 0.15) is 20.7 Å². The van der Waals surface area contributed by atoms with Gasteiger partial charge in [0.15, 0.2) is 12.4 Å². The van der Waals surface area contributed by atoms with Crippen molar-refractivity contribution in [3.8, 4) is 5.75 Å². The molecule has 0 N–H and O–H groups in total. The quantitative estimate of drug-likeness (QED) is 0.225. The van der Waals surface area contributed by atoms with Crippen LogP contribution in [0.25, 0.3) is 0 Å². The Balaban J connectivity index is 1.99. The third-order valence-electron chi connectivity index (χ3n) is 3.12. The van der Waals surface area contributed by atoms with Gasteiger partial charge in [-0.1, -0.05) is 0 Å². The van der Waals surface area contributed by atoms with Crippen LogP contribution in [-0.2, 0) is 4.74 Å². The number of Topliss-reactive ketones (excluding diaryl/α,β-unsaturated/α-hetero) is 1. The van der Waals surface area contributed by atoms with Crippen molar-refractivity contribution in [3.63, 3.8) is 0 Å². The zero-order valence-corrected chi connectivity index (χ0v) is 14.7. The van der Waals surface area contributed by atoms with E-state index < -0.39 is 23.3 Å². The van der Waals surface area contributed by atoms with Gasteiger partial charge in [-0.2, -0.15) is 0 Å². The summed E-state index contributed by atoms with van der Waals surface area (Å²) in [7, 11) is 1.53. The Morgan fingerprint density at radius 3 is 2.29 bits per heavy atom. The maximum atomic E-state index is 12.0. The van der Waals surface area contributed by atoms with Crippen molar-refractivity contribution in [3.05, 3.63) is 67.3 Å². The SMILES string of the molecule is COc1ccc(C(=O)OCC(=O)c2ccc([N+](=O)[O-])cc2)cc1I. The first-order chi connectivity index (χ1) is 11.4. The molecule has 0 fully saturated rings. The summed E-state index contributed by atoms with van der Waals surface area (Å²) in [6.07, 6.45) is 0. The third kappa shape index (κ3) is 4.28. The maximum absolute atomic E-state index is 12.0. The predicted molar refractivity (Wildman–Crippen MR) is 93.4 cm³/mol. The zero-order chi connectivity index (χ0) is 17.7. The van der Waals surface area contributed by atoms with Gasteiger partial charge in [-0.15, -0.1) is 0 Å². The lowest BCUT2D eigenvalue weighted by molar-refractivity contribution is -0.384. The molecule has 0 saturated carbocycles. The summed E-state index contributed by atoms with van der Waals surface area (Å²) in [5, 5.41) is 10.6. The van der Waals surface area contributed by atoms with Gasteiger partial charge in [0.05, 0.1) is 21.2 Å². The topological polar surface area (TPSA) is 95.7 Å². The van der Waals surface area contributed by atoms with E-state index in [4.69, 9.17) is 9.47 Å². The van der Waals surface area contributed by atoms with E-state index in [1.807, 2.05) is 22.6 Å². The smallest absolute Gasteiger partial charge is 0.338 e. The molecule has 2 aromatic rings. The second-order valence-electron chi connectivity index (χ2n) is 4.65. The molecule has 0 atom stereocenters. The number of benzene rings is 2. The highest BCUT2D eigenvalue weighted by Crippen LogP contribution is 2.22. The van der Waals surface area contributed by atoms with Crippen LogP contribution in [0.2, 0.25) is 0 Å². The summed E-state index contributed by atoms with van der Waals surface area (Å²) >= 11 is 2.02. The lowest BCUT2D eigenvalue weighted by Gasteiger charge is -2.07. The fourth-order valence-electron chi connectivity index (χ4n) is 1.86. The van der Waals surface area contributed by atoms with Crippen molar-refractivity contribution in [2.24, 2.45) is 0 Å². The minimum atomic E-state index is -0.633. The zero-order valence-electron chi connectivity index (χ0n) is 12.5. The molecule has 2 aromatic carbocycles. The number of ether oxygens (including phenoxy) is 2. The van der Waals surface area contributed by atoms with E-state index in [1.165, 1.54) is 31.4 Å². The minimum absolute atomic E-state index is 0.114. The number of nitro groups is 1. The number of nitro benzene ring substituents is 1. The Bertz CT molecular complexity index is 788. The van der Waals surface area contributed by atoms with Gasteiger partial charge < -0.3 is 9.47 Å². The number of carbonyl (C=O) groups is 2. The standard InChI is InChI=1S/C16H12INO6/c1-23-15-7-4-11(8-13(15)17)16(20)24-9-14(19)10-2-5-12(6-3-10)18(21)22/h2-8H,9H2,1H3. The summed E-state index contributed by atoms with van der Waals surface area (Å²) in [6, 6.07) is 9.87. The maximum Gasteiger partial charge on any atom is 0.338 e. The van der Waals surface area contributed by atoms with E-state index in [9.17, 15) is 19.7 Å². The first-order valence-corrected chi connectivity index (χ1v) is 7.78. The molecule has 0 unspecified atom stereocenters. The first kappa shape index (κ1) is 17.9. The van der Waals surface area contributed by atoms with Crippen LogP contribution in [0.4, 0.5) is 5.69 Å². The van der Waals surface area contributed by atoms with Gasteiger partial charge in [0, 0.05) is 17.7 Å². The van der Waals surface area contributed by atoms with Crippen molar-refractivity contribution in [2.75, 3.05) is 13.7 Å². The summed E-state index contributed by atoms with van der Waals surface area (Å²) in [6.45, 7) is -0.445. The fourth-order valence-corrected chi connectivity index (χ4v) is 2.60. The molecular weight excluding hydrogens is 429 g/mol. The molecular formula is C16H12INO6. The normalized spacial score (nSPS) is 10.1. The Hall–Kier alpha value is -2.49. The number of halogens is 1. The number of carbonyl (C=O) groups excluding carboxylic acids is 2. The highest BCUT2D eigenvalue weighted by atomic mass is 127. The van der Waals surface area contributed by atoms with Gasteiger partial charge in [-0.05, 0) is 52.9 Å². The number of esters is 1. The number of nitrogens with zero attached hydrogens (tertiary/aromatic N) is 1. The largest absolute Gasteiger partial charge is 0.496 e. The third-order valence-corrected chi connectivity index (χ3v) is 3.96. The molecule has 7 nitrogen and oxygen atoms in total. The van der Waals surface area contributed by atoms with E-state index in [-0.39, 0.29) is 11.3 Å². The molecule has 24 heavy (non-hydrogen) atoms. The Labute approximate surface area is 150 Å². The second kappa shape index (κ2) is 7.86. The van der Waals surface area contributed by atoms with Crippen molar-refractivity contribution < 1.29 is 24.0 Å². The van der Waals surface area contributed by atoms with E-state index in [0.29, 0.717) is 11.3 Å². The molecule has 0 spiro atoms. The van der Waals surface area contributed by atoms with Gasteiger partial charge in [-0.25, -0.2) is 4.79 Å². The van der Waals surface area contributed by atoms with Gasteiger partial charge in [0.25, 0.3) is 5.69 Å². The lowest BCUT2D eigenvalue weighted by Crippen LogP contribution is -2.14. The second-order valence-corrected chi connectivity index (χ2v) is 5.81. The van der Waals surface area contributed by atoms with E-state index in [2.05, 4.69) is 0 Å². The number of rotatable bonds is 6. The summed E-state index contributed by atoms with van der Waals surface area (Å²) < 4.78 is 10.8. The molecule has 0 bridgehead atoms. The monoisotopic (exact) mass is 441 g/mol. The summed E-state index contributed by atoms with van der Waals surface area (Å²) in [5.74, 6) is -0.443. The molecule has 0 aliphatic carbocycles. The molecule has 2 rings (SSSR count). The molecule has 0 aliphatic heterocycles. The number of methoxy groups -OCH3 is 1. The highest BCUT2D eigenvalue weighted by molar-refractivity contribution is 14.1. The van der Waals surface area contributed by atoms with E-state index >= 15 is 0 Å². The van der Waals surface area contributed by atoms with Crippen LogP contribution in [-0.4, -0.2) is 30.4 Å². The number of hydrogen-bond acceptors (Lipinski definition) is 6. The van der Waals surface area contributed by atoms with Gasteiger partial charge in [-0.3, -0.25) is 14.9 Å². The molecule has 0 saturated heterocycles. The van der Waals surface area contributed by atoms with Crippen molar-refractivity contribution in [1.29, 1.82) is 0 Å². The van der Waals surface area contributed by atoms with Gasteiger partial charge >= 0.3 is 5.97 Å². The van der Waals surface area contributed by atoms with E-state index in [0.717, 1.165) is 3.57 Å². The van der Waals surface area contributed by atoms with E-state index in [1.54, 1.807) is 18.2 Å². The van der Waals surface area contributed by atoms with Crippen molar-refractivity contribution >= 4 is 40.0 Å². The van der Waals surface area contributed by atoms with Gasteiger partial charge in [0.1, 0.15) is 5.75 Å².